The van der Waals surface area contributed by atoms with E-state index in [9.17, 15) is 17.6 Å². The van der Waals surface area contributed by atoms with Crippen molar-refractivity contribution < 1.29 is 22.3 Å². The average molecular weight is 394 g/mol. The van der Waals surface area contributed by atoms with Crippen LogP contribution in [0.3, 0.4) is 0 Å². The van der Waals surface area contributed by atoms with Crippen LogP contribution in [0.4, 0.5) is 17.6 Å². The van der Waals surface area contributed by atoms with Gasteiger partial charge in [0.05, 0.1) is 0 Å². The summed E-state index contributed by atoms with van der Waals surface area (Å²) >= 11 is 0. The molecule has 6 heteroatoms. The van der Waals surface area contributed by atoms with Gasteiger partial charge in [0.15, 0.2) is 5.88 Å². The third-order valence-corrected chi connectivity index (χ3v) is 2.32. The minimum absolute atomic E-state index is 0.434. The predicted molar refractivity (Wildman–Crippen MR) is 107 cm³/mol. The smallest absolute Gasteiger partial charge is 0.429 e. The second-order valence-electron chi connectivity index (χ2n) is 5.08. The van der Waals surface area contributed by atoms with Crippen LogP contribution in [0.5, 0.6) is 0 Å². The fraction of sp³-hybridized carbons (Fsp3) is 0.524. The number of halogens is 4. The van der Waals surface area contributed by atoms with Crippen LogP contribution in [0.2, 0.25) is 0 Å². The zero-order chi connectivity index (χ0) is 22.0. The normalized spacial score (nSPS) is 11.3. The van der Waals surface area contributed by atoms with E-state index in [1.54, 1.807) is 13.8 Å². The third-order valence-electron chi connectivity index (χ3n) is 2.32. The Balaban J connectivity index is -0.000000725. The first-order valence-corrected chi connectivity index (χ1v) is 9.21. The van der Waals surface area contributed by atoms with Gasteiger partial charge in [0, 0.05) is 5.56 Å². The summed E-state index contributed by atoms with van der Waals surface area (Å²) in [6.45, 7) is 15.8. The van der Waals surface area contributed by atoms with Crippen molar-refractivity contribution in [2.45, 2.75) is 74.1 Å². The number of hydrogen-bond donors (Lipinski definition) is 1. The maximum absolute atomic E-state index is 13.5. The van der Waals surface area contributed by atoms with E-state index in [4.69, 9.17) is 5.73 Å². The Labute approximate surface area is 162 Å². The molecule has 0 spiro atoms. The molecule has 0 saturated heterocycles. The third kappa shape index (κ3) is 14.8. The zero-order valence-corrected chi connectivity index (χ0v) is 17.7. The van der Waals surface area contributed by atoms with Gasteiger partial charge in [-0.25, -0.2) is 4.39 Å². The lowest BCUT2D eigenvalue weighted by Crippen LogP contribution is -2.26. The number of rotatable bonds is 4. The first-order chi connectivity index (χ1) is 12.6. The Morgan fingerprint density at radius 2 is 1.48 bits per heavy atom. The second kappa shape index (κ2) is 17.4. The van der Waals surface area contributed by atoms with Crippen molar-refractivity contribution in [2.75, 3.05) is 0 Å². The highest BCUT2D eigenvalue weighted by atomic mass is 19.4. The van der Waals surface area contributed by atoms with E-state index in [1.165, 1.54) is 30.7 Å². The summed E-state index contributed by atoms with van der Waals surface area (Å²) in [5.74, 6) is -1.43. The lowest BCUT2D eigenvalue weighted by atomic mass is 10.1. The van der Waals surface area contributed by atoms with Crippen molar-refractivity contribution >= 4 is 0 Å². The molecule has 0 aliphatic carbocycles. The van der Waals surface area contributed by atoms with Crippen LogP contribution in [0.25, 0.3) is 0 Å². The summed E-state index contributed by atoms with van der Waals surface area (Å²) < 4.78 is 57.0. The Bertz CT molecular complexity index is 533. The minimum Gasteiger partial charge on any atom is -0.462 e. The molecule has 27 heavy (non-hydrogen) atoms. The van der Waals surface area contributed by atoms with E-state index in [-0.39, 0.29) is 0 Å². The maximum atomic E-state index is 13.5. The molecule has 1 atom stereocenters. The molecule has 0 heterocycles. The standard InChI is InChI=1S/C14H15F4NO.C3H8.2C2H6/c1-9(2)7-8-12(19)20-13(14(16,17)18)10-5-3-4-6-11(10)15;1-3-2;2*1-2/h3-8,13H,19H2,1-2H3;3H2,1-2H3;2*1-2H3/b12-8+;;;. The first-order valence-electron chi connectivity index (χ1n) is 9.21. The van der Waals surface area contributed by atoms with E-state index in [0.29, 0.717) is 0 Å². The van der Waals surface area contributed by atoms with Gasteiger partial charge in [-0.2, -0.15) is 13.2 Å². The maximum Gasteiger partial charge on any atom is 0.429 e. The van der Waals surface area contributed by atoms with Gasteiger partial charge in [-0.3, -0.25) is 0 Å². The second-order valence-corrected chi connectivity index (χ2v) is 5.08. The number of allylic oxidation sites excluding steroid dienone is 3. The van der Waals surface area contributed by atoms with Crippen molar-refractivity contribution in [1.29, 1.82) is 0 Å². The highest BCUT2D eigenvalue weighted by molar-refractivity contribution is 5.22. The van der Waals surface area contributed by atoms with Crippen molar-refractivity contribution in [2.24, 2.45) is 5.73 Å². The quantitative estimate of drug-likeness (QED) is 0.323. The molecular weight excluding hydrogens is 358 g/mol. The van der Waals surface area contributed by atoms with Gasteiger partial charge in [-0.05, 0) is 26.0 Å². The van der Waals surface area contributed by atoms with Gasteiger partial charge in [0.25, 0.3) is 0 Å². The summed E-state index contributed by atoms with van der Waals surface area (Å²) in [4.78, 5) is 0. The molecule has 0 fully saturated rings. The highest BCUT2D eigenvalue weighted by Gasteiger charge is 2.44. The summed E-state index contributed by atoms with van der Waals surface area (Å²) in [7, 11) is 0. The molecule has 0 aliphatic rings. The van der Waals surface area contributed by atoms with Crippen molar-refractivity contribution in [3.63, 3.8) is 0 Å². The predicted octanol–water partition coefficient (Wildman–Crippen LogP) is 7.68. The van der Waals surface area contributed by atoms with Gasteiger partial charge in [-0.15, -0.1) is 0 Å². The molecule has 2 nitrogen and oxygen atoms in total. The van der Waals surface area contributed by atoms with E-state index in [0.717, 1.165) is 17.7 Å². The molecule has 158 valence electrons. The lowest BCUT2D eigenvalue weighted by Gasteiger charge is -2.22. The van der Waals surface area contributed by atoms with Crippen molar-refractivity contribution in [3.05, 3.63) is 59.3 Å². The average Bonchev–Trinajstić information content (AvgIpc) is 2.62. The van der Waals surface area contributed by atoms with Crippen molar-refractivity contribution in [3.8, 4) is 0 Å². The molecule has 2 N–H and O–H groups in total. The van der Waals surface area contributed by atoms with Crippen LogP contribution >= 0.6 is 0 Å². The van der Waals surface area contributed by atoms with Crippen LogP contribution in [-0.2, 0) is 4.74 Å². The zero-order valence-electron chi connectivity index (χ0n) is 17.7. The molecule has 1 aromatic rings. The highest BCUT2D eigenvalue weighted by Crippen LogP contribution is 2.37. The fourth-order valence-electron chi connectivity index (χ4n) is 1.42. The number of benzene rings is 1. The number of ether oxygens (including phenoxy) is 1. The van der Waals surface area contributed by atoms with Gasteiger partial charge in [0.1, 0.15) is 5.82 Å². The topological polar surface area (TPSA) is 35.2 Å². The number of alkyl halides is 3. The molecule has 1 unspecified atom stereocenters. The van der Waals surface area contributed by atoms with E-state index < -0.39 is 29.5 Å². The number of hydrogen-bond acceptors (Lipinski definition) is 2. The van der Waals surface area contributed by atoms with E-state index >= 15 is 0 Å². The summed E-state index contributed by atoms with van der Waals surface area (Å²) in [5, 5.41) is 0. The molecular formula is C21H35F4NO. The monoisotopic (exact) mass is 393 g/mol. The molecule has 0 aromatic heterocycles. The van der Waals surface area contributed by atoms with E-state index in [1.807, 2.05) is 27.7 Å². The molecule has 0 radical (unpaired) electrons. The Hall–Kier alpha value is -1.98. The lowest BCUT2D eigenvalue weighted by molar-refractivity contribution is -0.213. The summed E-state index contributed by atoms with van der Waals surface area (Å²) in [5.41, 5.74) is 5.61. The Kier molecular flexibility index (Phi) is 19.2. The summed E-state index contributed by atoms with van der Waals surface area (Å²) in [6.07, 6.45) is -3.25. The molecule has 1 rings (SSSR count). The SMILES string of the molecule is CC.CC.CC(C)=C/C=C(\N)OC(c1ccccc1F)C(F)(F)F.CCC. The largest absolute Gasteiger partial charge is 0.462 e. The molecule has 0 aliphatic heterocycles. The summed E-state index contributed by atoms with van der Waals surface area (Å²) in [6, 6.07) is 4.56. The van der Waals surface area contributed by atoms with Crippen LogP contribution in [0.1, 0.15) is 73.5 Å². The van der Waals surface area contributed by atoms with E-state index in [2.05, 4.69) is 18.6 Å². The minimum atomic E-state index is -4.77. The Morgan fingerprint density at radius 3 is 1.85 bits per heavy atom. The fourth-order valence-corrected chi connectivity index (χ4v) is 1.42. The van der Waals surface area contributed by atoms with Gasteiger partial charge >= 0.3 is 6.18 Å². The van der Waals surface area contributed by atoms with Gasteiger partial charge in [-0.1, -0.05) is 77.8 Å². The molecule has 1 aromatic carbocycles. The number of nitrogens with two attached hydrogens (primary N) is 1. The first kappa shape index (κ1) is 29.8. The van der Waals surface area contributed by atoms with Crippen LogP contribution in [0, 0.1) is 5.82 Å². The van der Waals surface area contributed by atoms with Crippen LogP contribution in [0.15, 0.2) is 47.9 Å². The van der Waals surface area contributed by atoms with Gasteiger partial charge in [0.2, 0.25) is 6.10 Å². The van der Waals surface area contributed by atoms with Crippen LogP contribution < -0.4 is 5.73 Å². The Morgan fingerprint density at radius 1 is 1.04 bits per heavy atom. The van der Waals surface area contributed by atoms with Gasteiger partial charge < -0.3 is 10.5 Å². The molecule has 0 saturated carbocycles. The van der Waals surface area contributed by atoms with Crippen LogP contribution in [-0.4, -0.2) is 6.18 Å². The molecule has 0 amide bonds. The van der Waals surface area contributed by atoms with Crippen molar-refractivity contribution in [1.82, 2.24) is 0 Å². The molecule has 0 bridgehead atoms.